The highest BCUT2D eigenvalue weighted by Crippen LogP contribution is 2.38. The molecule has 0 radical (unpaired) electrons. The number of halogens is 3. The van der Waals surface area contributed by atoms with Crippen LogP contribution in [0.3, 0.4) is 0 Å². The van der Waals surface area contributed by atoms with Crippen molar-refractivity contribution in [3.63, 3.8) is 0 Å². The second-order valence-corrected chi connectivity index (χ2v) is 7.58. The maximum Gasteiger partial charge on any atom is 0.411 e. The number of aryl methyl sites for hydroxylation is 1. The molecule has 10 heteroatoms. The Kier molecular flexibility index (Phi) is 5.64. The lowest BCUT2D eigenvalue weighted by atomic mass is 10.2. The van der Waals surface area contributed by atoms with Crippen molar-refractivity contribution in [2.24, 2.45) is 0 Å². The molecule has 0 spiro atoms. The van der Waals surface area contributed by atoms with Crippen LogP contribution < -0.4 is 10.1 Å². The fourth-order valence-electron chi connectivity index (χ4n) is 2.35. The molecule has 0 aliphatic carbocycles. The Morgan fingerprint density at radius 3 is 2.96 bits per heavy atom. The Labute approximate surface area is 154 Å². The molecule has 3 aromatic rings. The molecule has 0 saturated heterocycles. The highest BCUT2D eigenvalue weighted by molar-refractivity contribution is 7.21. The fourth-order valence-corrected chi connectivity index (χ4v) is 4.18. The number of carbonyl (C=O) groups is 1. The van der Waals surface area contributed by atoms with Crippen molar-refractivity contribution < 1.29 is 27.4 Å². The Hall–Kier alpha value is -1.91. The highest BCUT2D eigenvalue weighted by atomic mass is 32.1. The zero-order valence-corrected chi connectivity index (χ0v) is 15.3. The molecule has 0 aliphatic rings. The number of benzene rings is 1. The lowest BCUT2D eigenvalue weighted by Gasteiger charge is -2.10. The van der Waals surface area contributed by atoms with Gasteiger partial charge >= 0.3 is 6.18 Å². The molecule has 1 aromatic carbocycles. The first-order valence-electron chi connectivity index (χ1n) is 7.65. The van der Waals surface area contributed by atoms with Gasteiger partial charge in [0.05, 0.1) is 26.5 Å². The molecule has 140 valence electrons. The molecule has 3 rings (SSSR count). The van der Waals surface area contributed by atoms with Crippen LogP contribution >= 0.6 is 22.7 Å². The van der Waals surface area contributed by atoms with Gasteiger partial charge in [-0.25, -0.2) is 4.98 Å². The van der Waals surface area contributed by atoms with Gasteiger partial charge in [-0.3, -0.25) is 4.79 Å². The first-order chi connectivity index (χ1) is 12.3. The van der Waals surface area contributed by atoms with Crippen molar-refractivity contribution in [3.8, 4) is 5.75 Å². The summed E-state index contributed by atoms with van der Waals surface area (Å²) in [5, 5.41) is 6.22. The number of thiazole rings is 1. The zero-order valence-electron chi connectivity index (χ0n) is 13.7. The van der Waals surface area contributed by atoms with Crippen LogP contribution in [0.4, 0.5) is 13.2 Å². The lowest BCUT2D eigenvalue weighted by Crippen LogP contribution is -2.32. The van der Waals surface area contributed by atoms with Crippen LogP contribution in [-0.2, 0) is 9.53 Å². The number of hydrogen-bond acceptors (Lipinski definition) is 6. The van der Waals surface area contributed by atoms with Gasteiger partial charge in [-0.1, -0.05) is 0 Å². The number of thiophene rings is 1. The van der Waals surface area contributed by atoms with E-state index in [9.17, 15) is 18.0 Å². The predicted octanol–water partition coefficient (Wildman–Crippen LogP) is 3.89. The van der Waals surface area contributed by atoms with Crippen LogP contribution in [0.2, 0.25) is 0 Å². The van der Waals surface area contributed by atoms with Crippen molar-refractivity contribution in [2.45, 2.75) is 13.1 Å². The molecule has 0 fully saturated rings. The van der Waals surface area contributed by atoms with Gasteiger partial charge in [0.1, 0.15) is 12.4 Å². The molecule has 0 atom stereocenters. The Bertz CT molecular complexity index is 921. The highest BCUT2D eigenvalue weighted by Gasteiger charge is 2.27. The third kappa shape index (κ3) is 4.63. The summed E-state index contributed by atoms with van der Waals surface area (Å²) < 4.78 is 47.8. The van der Waals surface area contributed by atoms with Crippen LogP contribution in [0.15, 0.2) is 17.5 Å². The van der Waals surface area contributed by atoms with E-state index in [-0.39, 0.29) is 19.8 Å². The van der Waals surface area contributed by atoms with Gasteiger partial charge in [0.25, 0.3) is 5.91 Å². The van der Waals surface area contributed by atoms with Crippen LogP contribution in [0, 0.1) is 6.92 Å². The first-order valence-corrected chi connectivity index (χ1v) is 9.34. The minimum absolute atomic E-state index is 0.0147. The van der Waals surface area contributed by atoms with Crippen molar-refractivity contribution in [1.29, 1.82) is 0 Å². The molecule has 1 amide bonds. The summed E-state index contributed by atoms with van der Waals surface area (Å²) in [6.07, 6.45) is -4.37. The van der Waals surface area contributed by atoms with Gasteiger partial charge in [-0.2, -0.15) is 13.2 Å². The summed E-state index contributed by atoms with van der Waals surface area (Å²) >= 11 is 3.10. The maximum atomic E-state index is 11.9. The van der Waals surface area contributed by atoms with Crippen molar-refractivity contribution >= 4 is 48.9 Å². The number of rotatable bonds is 7. The third-order valence-electron chi connectivity index (χ3n) is 3.36. The molecule has 0 aliphatic heterocycles. The number of aromatic nitrogens is 1. The largest absolute Gasteiger partial charge is 0.483 e. The summed E-state index contributed by atoms with van der Waals surface area (Å²) in [5.41, 5.74) is 0.927. The average molecular weight is 404 g/mol. The molecule has 26 heavy (non-hydrogen) atoms. The minimum atomic E-state index is -4.37. The molecule has 1 N–H and O–H groups in total. The van der Waals surface area contributed by atoms with E-state index in [0.717, 1.165) is 25.3 Å². The summed E-state index contributed by atoms with van der Waals surface area (Å²) in [6.45, 7) is 0.140. The van der Waals surface area contributed by atoms with E-state index in [1.165, 1.54) is 0 Å². The number of ether oxygens (including phenoxy) is 2. The van der Waals surface area contributed by atoms with Crippen LogP contribution in [0.5, 0.6) is 5.75 Å². The number of nitrogens with one attached hydrogen (secondary N) is 1. The molecular weight excluding hydrogens is 389 g/mol. The van der Waals surface area contributed by atoms with Gasteiger partial charge in [0, 0.05) is 18.0 Å². The van der Waals surface area contributed by atoms with Gasteiger partial charge in [-0.15, -0.1) is 22.7 Å². The average Bonchev–Trinajstić information content (AvgIpc) is 3.16. The van der Waals surface area contributed by atoms with E-state index in [1.54, 1.807) is 22.7 Å². The van der Waals surface area contributed by atoms with Crippen molar-refractivity contribution in [3.05, 3.63) is 22.5 Å². The molecule has 2 heterocycles. The number of alkyl halides is 3. The lowest BCUT2D eigenvalue weighted by molar-refractivity contribution is -0.173. The normalized spacial score (nSPS) is 12.0. The summed E-state index contributed by atoms with van der Waals surface area (Å²) in [7, 11) is 0. The van der Waals surface area contributed by atoms with E-state index < -0.39 is 18.7 Å². The van der Waals surface area contributed by atoms with Crippen LogP contribution in [0.25, 0.3) is 20.3 Å². The van der Waals surface area contributed by atoms with E-state index in [2.05, 4.69) is 15.0 Å². The van der Waals surface area contributed by atoms with Gasteiger partial charge in [0.2, 0.25) is 0 Å². The van der Waals surface area contributed by atoms with Crippen LogP contribution in [-0.4, -0.2) is 43.4 Å². The number of amides is 1. The quantitative estimate of drug-likeness (QED) is 0.607. The second kappa shape index (κ2) is 7.77. The Balaban J connectivity index is 1.55. The Morgan fingerprint density at radius 1 is 1.38 bits per heavy atom. The van der Waals surface area contributed by atoms with E-state index in [1.807, 2.05) is 24.4 Å². The van der Waals surface area contributed by atoms with Gasteiger partial charge in [-0.05, 0) is 18.4 Å². The zero-order chi connectivity index (χ0) is 18.7. The summed E-state index contributed by atoms with van der Waals surface area (Å²) in [5.74, 6) is 0.158. The monoisotopic (exact) mass is 404 g/mol. The SMILES string of the molecule is Cc1nc2c(cc(OCC(=O)NCCOCC(F)(F)F)c3ccsc32)s1. The number of fused-ring (bicyclic) bond motifs is 3. The number of hydrogen-bond donors (Lipinski definition) is 1. The van der Waals surface area contributed by atoms with Crippen molar-refractivity contribution in [1.82, 2.24) is 10.3 Å². The predicted molar refractivity (Wildman–Crippen MR) is 95.1 cm³/mol. The van der Waals surface area contributed by atoms with Crippen molar-refractivity contribution in [2.75, 3.05) is 26.4 Å². The second-order valence-electron chi connectivity index (χ2n) is 5.42. The van der Waals surface area contributed by atoms with E-state index >= 15 is 0 Å². The van der Waals surface area contributed by atoms with Crippen LogP contribution in [0.1, 0.15) is 5.01 Å². The topological polar surface area (TPSA) is 60.5 Å². The molecular formula is C16H15F3N2O3S2. The molecule has 2 aromatic heterocycles. The molecule has 5 nitrogen and oxygen atoms in total. The number of carbonyl (C=O) groups excluding carboxylic acids is 1. The number of nitrogens with zero attached hydrogens (tertiary/aromatic N) is 1. The first kappa shape index (κ1) is 18.9. The van der Waals surface area contributed by atoms with E-state index in [4.69, 9.17) is 4.74 Å². The summed E-state index contributed by atoms with van der Waals surface area (Å²) in [6, 6.07) is 3.76. The van der Waals surface area contributed by atoms with Gasteiger partial charge < -0.3 is 14.8 Å². The standard InChI is InChI=1S/C16H15F3N2O3S2/c1-9-21-14-12(26-9)6-11(10-2-5-25-15(10)14)24-7-13(22)20-3-4-23-8-16(17,18)19/h2,5-6H,3-4,7-8H2,1H3,(H,20,22). The maximum absolute atomic E-state index is 11.9. The third-order valence-corrected chi connectivity index (χ3v) is 5.20. The Morgan fingerprint density at radius 2 is 2.19 bits per heavy atom. The fraction of sp³-hybridized carbons (Fsp3) is 0.375. The smallest absolute Gasteiger partial charge is 0.411 e. The molecule has 0 saturated carbocycles. The molecule has 0 bridgehead atoms. The molecule has 0 unspecified atom stereocenters. The minimum Gasteiger partial charge on any atom is -0.483 e. The summed E-state index contributed by atoms with van der Waals surface area (Å²) in [4.78, 5) is 16.3. The van der Waals surface area contributed by atoms with Gasteiger partial charge in [0.15, 0.2) is 6.61 Å². The van der Waals surface area contributed by atoms with E-state index in [0.29, 0.717) is 5.75 Å².